The maximum Gasteiger partial charge on any atom is 0.261 e. The van der Waals surface area contributed by atoms with Crippen LogP contribution in [0.4, 0.5) is 0 Å². The smallest absolute Gasteiger partial charge is 0.261 e. The van der Waals surface area contributed by atoms with Gasteiger partial charge in [-0.05, 0) is 36.1 Å². The fraction of sp³-hybridized carbons (Fsp3) is 0.500. The lowest BCUT2D eigenvalue weighted by atomic mass is 10.2. The van der Waals surface area contributed by atoms with Crippen molar-refractivity contribution in [3.8, 4) is 0 Å². The molecule has 4 heterocycles. The predicted octanol–water partition coefficient (Wildman–Crippen LogP) is 0.404. The molecule has 128 valence electrons. The van der Waals surface area contributed by atoms with Gasteiger partial charge in [-0.15, -0.1) is 0 Å². The summed E-state index contributed by atoms with van der Waals surface area (Å²) in [5, 5.41) is 0.0680. The van der Waals surface area contributed by atoms with Crippen LogP contribution in [0.5, 0.6) is 0 Å². The molecule has 0 aromatic carbocycles. The molecular formula is C16H19N3O4S. The fourth-order valence-corrected chi connectivity index (χ4v) is 4.84. The molecule has 3 aliphatic heterocycles. The van der Waals surface area contributed by atoms with E-state index >= 15 is 0 Å². The molecule has 0 N–H and O–H groups in total. The number of carbonyl (C=O) groups is 1. The Morgan fingerprint density at radius 2 is 1.92 bits per heavy atom. The molecule has 8 heteroatoms. The van der Waals surface area contributed by atoms with Gasteiger partial charge in [0.2, 0.25) is 0 Å². The van der Waals surface area contributed by atoms with Crippen LogP contribution < -0.4 is 0 Å². The summed E-state index contributed by atoms with van der Waals surface area (Å²) in [6, 6.07) is 4.86. The number of sulfonamides is 1. The molecule has 1 aromatic rings. The van der Waals surface area contributed by atoms with Crippen LogP contribution in [0.15, 0.2) is 40.6 Å². The first-order chi connectivity index (χ1) is 11.6. The molecule has 0 unspecified atom stereocenters. The highest BCUT2D eigenvalue weighted by molar-refractivity contribution is 7.89. The summed E-state index contributed by atoms with van der Waals surface area (Å²) in [5.74, 6) is 0.0287. The Balaban J connectivity index is 1.42. The van der Waals surface area contributed by atoms with E-state index in [-0.39, 0.29) is 17.0 Å². The summed E-state index contributed by atoms with van der Waals surface area (Å²) >= 11 is 0. The molecule has 1 amide bonds. The van der Waals surface area contributed by atoms with Crippen LogP contribution in [0.2, 0.25) is 0 Å². The van der Waals surface area contributed by atoms with E-state index in [2.05, 4.69) is 4.98 Å². The topological polar surface area (TPSA) is 79.8 Å². The molecular weight excluding hydrogens is 330 g/mol. The summed E-state index contributed by atoms with van der Waals surface area (Å²) < 4.78 is 32.1. The molecule has 3 aliphatic rings. The minimum atomic E-state index is -3.58. The highest BCUT2D eigenvalue weighted by atomic mass is 32.2. The van der Waals surface area contributed by atoms with E-state index in [0.717, 1.165) is 24.0 Å². The Morgan fingerprint density at radius 3 is 2.50 bits per heavy atom. The van der Waals surface area contributed by atoms with Crippen molar-refractivity contribution in [1.82, 2.24) is 14.2 Å². The number of carbonyl (C=O) groups excluding carboxylic acids is 1. The van der Waals surface area contributed by atoms with Gasteiger partial charge in [0.1, 0.15) is 6.10 Å². The Morgan fingerprint density at radius 1 is 1.17 bits per heavy atom. The van der Waals surface area contributed by atoms with Crippen LogP contribution >= 0.6 is 0 Å². The third kappa shape index (κ3) is 2.64. The number of ether oxygens (including phenoxy) is 1. The Kier molecular flexibility index (Phi) is 3.90. The molecule has 1 atom stereocenters. The van der Waals surface area contributed by atoms with E-state index < -0.39 is 10.0 Å². The average molecular weight is 349 g/mol. The lowest BCUT2D eigenvalue weighted by molar-refractivity contribution is -0.139. The van der Waals surface area contributed by atoms with Gasteiger partial charge in [0.15, 0.2) is 5.03 Å². The highest BCUT2D eigenvalue weighted by Crippen LogP contribution is 2.30. The summed E-state index contributed by atoms with van der Waals surface area (Å²) in [4.78, 5) is 18.1. The van der Waals surface area contributed by atoms with Gasteiger partial charge >= 0.3 is 0 Å². The third-order valence-corrected chi connectivity index (χ3v) is 6.46. The molecule has 7 nitrogen and oxygen atoms in total. The van der Waals surface area contributed by atoms with E-state index in [1.165, 1.54) is 16.6 Å². The first-order valence-corrected chi connectivity index (χ1v) is 9.51. The van der Waals surface area contributed by atoms with Crippen molar-refractivity contribution in [2.24, 2.45) is 0 Å². The molecule has 4 rings (SSSR count). The SMILES string of the molecule is O=C([C@@H]1CCCO1)N1CC2=C(C1)CN(S(=O)(=O)c1ccccn1)C2. The van der Waals surface area contributed by atoms with Crippen molar-refractivity contribution in [3.63, 3.8) is 0 Å². The lowest BCUT2D eigenvalue weighted by Crippen LogP contribution is -2.40. The second-order valence-corrected chi connectivity index (χ2v) is 8.23. The van der Waals surface area contributed by atoms with Gasteiger partial charge in [0, 0.05) is 39.0 Å². The lowest BCUT2D eigenvalue weighted by Gasteiger charge is -2.24. The minimum absolute atomic E-state index is 0.0287. The third-order valence-electron chi connectivity index (χ3n) is 4.76. The van der Waals surface area contributed by atoms with Crippen LogP contribution in [-0.4, -0.2) is 67.4 Å². The summed E-state index contributed by atoms with van der Waals surface area (Å²) in [7, 11) is -3.58. The van der Waals surface area contributed by atoms with E-state index in [0.29, 0.717) is 32.8 Å². The van der Waals surface area contributed by atoms with E-state index in [9.17, 15) is 13.2 Å². The Bertz CT molecular complexity index is 767. The number of nitrogens with zero attached hydrogens (tertiary/aromatic N) is 3. The van der Waals surface area contributed by atoms with Gasteiger partial charge in [-0.25, -0.2) is 13.4 Å². The molecule has 0 radical (unpaired) electrons. The van der Waals surface area contributed by atoms with Gasteiger partial charge in [-0.3, -0.25) is 4.79 Å². The molecule has 0 aliphatic carbocycles. The van der Waals surface area contributed by atoms with Crippen LogP contribution in [0, 0.1) is 0 Å². The van der Waals surface area contributed by atoms with Crippen LogP contribution in [0.3, 0.4) is 0 Å². The number of aromatic nitrogens is 1. The first kappa shape index (κ1) is 15.7. The van der Waals surface area contributed by atoms with Gasteiger partial charge in [0.05, 0.1) is 0 Å². The predicted molar refractivity (Wildman–Crippen MR) is 85.6 cm³/mol. The fourth-order valence-electron chi connectivity index (χ4n) is 3.48. The molecule has 24 heavy (non-hydrogen) atoms. The van der Waals surface area contributed by atoms with E-state index in [4.69, 9.17) is 4.74 Å². The van der Waals surface area contributed by atoms with E-state index in [1.54, 1.807) is 17.0 Å². The first-order valence-electron chi connectivity index (χ1n) is 8.07. The molecule has 1 aromatic heterocycles. The normalized spacial score (nSPS) is 24.7. The van der Waals surface area contributed by atoms with Gasteiger partial charge in [-0.1, -0.05) is 6.07 Å². The standard InChI is InChI=1S/C16H19N3O4S/c20-16(14-4-3-7-23-14)18-8-12-10-19(11-13(12)9-18)24(21,22)15-5-1-2-6-17-15/h1-2,5-6,14H,3-4,7-11H2/t14-/m0/s1. The summed E-state index contributed by atoms with van der Waals surface area (Å²) in [6.07, 6.45) is 2.86. The van der Waals surface area contributed by atoms with Gasteiger partial charge < -0.3 is 9.64 Å². The second kappa shape index (κ2) is 5.94. The molecule has 1 fully saturated rings. The molecule has 0 saturated carbocycles. The zero-order chi connectivity index (χ0) is 16.7. The molecule has 0 spiro atoms. The number of amides is 1. The minimum Gasteiger partial charge on any atom is -0.368 e. The second-order valence-electron chi connectivity index (χ2n) is 6.34. The van der Waals surface area contributed by atoms with Crippen molar-refractivity contribution in [3.05, 3.63) is 35.5 Å². The van der Waals surface area contributed by atoms with Crippen LogP contribution in [-0.2, 0) is 19.6 Å². The summed E-state index contributed by atoms with van der Waals surface area (Å²) in [6.45, 7) is 2.32. The highest BCUT2D eigenvalue weighted by Gasteiger charge is 2.39. The number of rotatable bonds is 3. The van der Waals surface area contributed by atoms with Gasteiger partial charge in [0.25, 0.3) is 15.9 Å². The zero-order valence-electron chi connectivity index (χ0n) is 13.2. The van der Waals surface area contributed by atoms with Crippen molar-refractivity contribution >= 4 is 15.9 Å². The van der Waals surface area contributed by atoms with Crippen molar-refractivity contribution < 1.29 is 17.9 Å². The van der Waals surface area contributed by atoms with Crippen LogP contribution in [0.25, 0.3) is 0 Å². The van der Waals surface area contributed by atoms with Crippen LogP contribution in [0.1, 0.15) is 12.8 Å². The summed E-state index contributed by atoms with van der Waals surface area (Å²) in [5.41, 5.74) is 2.06. The maximum atomic E-state index is 12.6. The zero-order valence-corrected chi connectivity index (χ0v) is 14.0. The number of hydrogen-bond donors (Lipinski definition) is 0. The molecule has 0 bridgehead atoms. The number of pyridine rings is 1. The van der Waals surface area contributed by atoms with Crippen molar-refractivity contribution in [1.29, 1.82) is 0 Å². The van der Waals surface area contributed by atoms with Crippen molar-refractivity contribution in [2.75, 3.05) is 32.8 Å². The Hall–Kier alpha value is -1.77. The number of hydrogen-bond acceptors (Lipinski definition) is 5. The maximum absolute atomic E-state index is 12.6. The monoisotopic (exact) mass is 349 g/mol. The Labute approximate surface area is 141 Å². The largest absolute Gasteiger partial charge is 0.368 e. The molecule has 1 saturated heterocycles. The van der Waals surface area contributed by atoms with Crippen molar-refractivity contribution in [2.45, 2.75) is 24.0 Å². The quantitative estimate of drug-likeness (QED) is 0.738. The van der Waals surface area contributed by atoms with Gasteiger partial charge in [-0.2, -0.15) is 4.31 Å². The average Bonchev–Trinajstić information content (AvgIpc) is 3.30. The van der Waals surface area contributed by atoms with E-state index in [1.807, 2.05) is 0 Å².